The van der Waals surface area contributed by atoms with E-state index < -0.39 is 12.1 Å². The first-order valence-corrected chi connectivity index (χ1v) is 5.83. The first-order valence-electron chi connectivity index (χ1n) is 5.83. The lowest BCUT2D eigenvalue weighted by atomic mass is 10.1. The quantitative estimate of drug-likeness (QED) is 0.883. The monoisotopic (exact) mass is 249 g/mol. The molecule has 0 fully saturated rings. The average Bonchev–Trinajstić information content (AvgIpc) is 2.32. The summed E-state index contributed by atoms with van der Waals surface area (Å²) in [6, 6.07) is 5.41. The second-order valence-electron chi connectivity index (χ2n) is 4.30. The summed E-state index contributed by atoms with van der Waals surface area (Å²) in [7, 11) is 0. The number of fused-ring (bicyclic) bond motifs is 1. The summed E-state index contributed by atoms with van der Waals surface area (Å²) in [6.07, 6.45) is -0.0815. The topological polar surface area (TPSA) is 66.8 Å². The van der Waals surface area contributed by atoms with Crippen LogP contribution in [0.25, 0.3) is 0 Å². The molecule has 0 radical (unpaired) electrons. The van der Waals surface area contributed by atoms with Crippen LogP contribution >= 0.6 is 0 Å². The van der Waals surface area contributed by atoms with E-state index in [-0.39, 0.29) is 12.5 Å². The van der Waals surface area contributed by atoms with Crippen LogP contribution < -0.4 is 9.64 Å². The van der Waals surface area contributed by atoms with Gasteiger partial charge in [0.15, 0.2) is 6.10 Å². The number of hydrogen-bond acceptors (Lipinski definition) is 3. The van der Waals surface area contributed by atoms with E-state index >= 15 is 0 Å². The van der Waals surface area contributed by atoms with Crippen LogP contribution in [0.3, 0.4) is 0 Å². The molecule has 2 rings (SSSR count). The van der Waals surface area contributed by atoms with Crippen molar-refractivity contribution in [2.24, 2.45) is 0 Å². The number of hydrogen-bond donors (Lipinski definition) is 1. The Hall–Kier alpha value is -2.04. The van der Waals surface area contributed by atoms with E-state index in [1.807, 2.05) is 19.9 Å². The molecule has 0 aliphatic carbocycles. The van der Waals surface area contributed by atoms with E-state index in [0.717, 1.165) is 5.56 Å². The zero-order valence-corrected chi connectivity index (χ0v) is 10.3. The van der Waals surface area contributed by atoms with E-state index in [1.165, 1.54) is 4.90 Å². The average molecular weight is 249 g/mol. The van der Waals surface area contributed by atoms with Crippen LogP contribution in [0.5, 0.6) is 5.75 Å². The summed E-state index contributed by atoms with van der Waals surface area (Å²) >= 11 is 0. The number of amides is 1. The van der Waals surface area contributed by atoms with E-state index in [4.69, 9.17) is 9.84 Å². The fourth-order valence-electron chi connectivity index (χ4n) is 1.99. The molecule has 0 spiro atoms. The largest absolute Gasteiger partial charge is 0.480 e. The van der Waals surface area contributed by atoms with Crippen molar-refractivity contribution >= 4 is 17.6 Å². The molecule has 0 bridgehead atoms. The van der Waals surface area contributed by atoms with Crippen LogP contribution in [0.15, 0.2) is 18.2 Å². The standard InChI is InChI=1S/C13H15NO4/c1-3-10-13(17)14(7-12(15)16)9-6-8(2)4-5-11(9)18-10/h4-6,10H,3,7H2,1-2H3,(H,15,16). The molecule has 1 atom stereocenters. The fourth-order valence-corrected chi connectivity index (χ4v) is 1.99. The highest BCUT2D eigenvalue weighted by atomic mass is 16.5. The molecule has 0 saturated carbocycles. The Morgan fingerprint density at radius 3 is 2.83 bits per heavy atom. The number of carboxylic acid groups (broad SMARTS) is 1. The smallest absolute Gasteiger partial charge is 0.323 e. The number of nitrogens with zero attached hydrogens (tertiary/aromatic N) is 1. The van der Waals surface area contributed by atoms with Crippen molar-refractivity contribution in [3.63, 3.8) is 0 Å². The van der Waals surface area contributed by atoms with Gasteiger partial charge in [-0.25, -0.2) is 0 Å². The Morgan fingerprint density at radius 2 is 2.22 bits per heavy atom. The minimum atomic E-state index is -1.03. The maximum atomic E-state index is 12.1. The SMILES string of the molecule is CCC1Oc2ccc(C)cc2N(CC(=O)O)C1=O. The van der Waals surface area contributed by atoms with Crippen molar-refractivity contribution in [2.75, 3.05) is 11.4 Å². The number of rotatable bonds is 3. The Balaban J connectivity index is 2.45. The first-order chi connectivity index (χ1) is 8.52. The van der Waals surface area contributed by atoms with Gasteiger partial charge in [-0.15, -0.1) is 0 Å². The predicted molar refractivity (Wildman–Crippen MR) is 65.9 cm³/mol. The molecular weight excluding hydrogens is 234 g/mol. The normalized spacial score (nSPS) is 18.2. The van der Waals surface area contributed by atoms with Crippen LogP contribution in [0.4, 0.5) is 5.69 Å². The third-order valence-corrected chi connectivity index (χ3v) is 2.88. The van der Waals surface area contributed by atoms with E-state index in [1.54, 1.807) is 12.1 Å². The van der Waals surface area contributed by atoms with Crippen LogP contribution in [0.1, 0.15) is 18.9 Å². The van der Waals surface area contributed by atoms with Crippen molar-refractivity contribution in [3.05, 3.63) is 23.8 Å². The second kappa shape index (κ2) is 4.68. The zero-order valence-electron chi connectivity index (χ0n) is 10.3. The molecule has 1 aromatic rings. The molecule has 0 aromatic heterocycles. The first kappa shape index (κ1) is 12.4. The zero-order chi connectivity index (χ0) is 13.3. The summed E-state index contributed by atoms with van der Waals surface area (Å²) in [4.78, 5) is 24.3. The van der Waals surface area contributed by atoms with Crippen molar-refractivity contribution in [1.29, 1.82) is 0 Å². The molecular formula is C13H15NO4. The Bertz CT molecular complexity index is 498. The van der Waals surface area contributed by atoms with Gasteiger partial charge in [0, 0.05) is 0 Å². The van der Waals surface area contributed by atoms with Gasteiger partial charge in [-0.2, -0.15) is 0 Å². The molecule has 0 saturated heterocycles. The van der Waals surface area contributed by atoms with Crippen molar-refractivity contribution in [2.45, 2.75) is 26.4 Å². The van der Waals surface area contributed by atoms with E-state index in [9.17, 15) is 9.59 Å². The highest BCUT2D eigenvalue weighted by Crippen LogP contribution is 2.35. The number of carbonyl (C=O) groups excluding carboxylic acids is 1. The lowest BCUT2D eigenvalue weighted by molar-refractivity contribution is -0.137. The van der Waals surface area contributed by atoms with Gasteiger partial charge in [0.2, 0.25) is 0 Å². The number of aliphatic carboxylic acids is 1. The van der Waals surface area contributed by atoms with Crippen LogP contribution in [-0.2, 0) is 9.59 Å². The second-order valence-corrected chi connectivity index (χ2v) is 4.30. The Kier molecular flexibility index (Phi) is 3.23. The van der Waals surface area contributed by atoms with Crippen molar-refractivity contribution < 1.29 is 19.4 Å². The lowest BCUT2D eigenvalue weighted by Crippen LogP contribution is -2.47. The lowest BCUT2D eigenvalue weighted by Gasteiger charge is -2.33. The number of carboxylic acids is 1. The van der Waals surface area contributed by atoms with Gasteiger partial charge >= 0.3 is 5.97 Å². The van der Waals surface area contributed by atoms with Crippen molar-refractivity contribution in [3.8, 4) is 5.75 Å². The third kappa shape index (κ3) is 2.16. The number of carbonyl (C=O) groups is 2. The molecule has 1 N–H and O–H groups in total. The molecule has 1 amide bonds. The van der Waals surface area contributed by atoms with Gasteiger partial charge in [-0.3, -0.25) is 14.5 Å². The molecule has 1 aliphatic rings. The van der Waals surface area contributed by atoms with Crippen LogP contribution in [0, 0.1) is 6.92 Å². The minimum Gasteiger partial charge on any atom is -0.480 e. The Labute approximate surface area is 105 Å². The maximum Gasteiger partial charge on any atom is 0.323 e. The van der Waals surface area contributed by atoms with Crippen molar-refractivity contribution in [1.82, 2.24) is 0 Å². The molecule has 5 heteroatoms. The number of benzene rings is 1. The summed E-state index contributed by atoms with van der Waals surface area (Å²) in [5, 5.41) is 8.90. The van der Waals surface area contributed by atoms with Gasteiger partial charge in [-0.05, 0) is 31.0 Å². The summed E-state index contributed by atoms with van der Waals surface area (Å²) in [6.45, 7) is 3.38. The van der Waals surface area contributed by atoms with Crippen LogP contribution in [-0.4, -0.2) is 29.6 Å². The minimum absolute atomic E-state index is 0.294. The highest BCUT2D eigenvalue weighted by molar-refractivity contribution is 6.03. The molecule has 96 valence electrons. The van der Waals surface area contributed by atoms with Gasteiger partial charge in [0.25, 0.3) is 5.91 Å². The van der Waals surface area contributed by atoms with E-state index in [2.05, 4.69) is 0 Å². The fraction of sp³-hybridized carbons (Fsp3) is 0.385. The van der Waals surface area contributed by atoms with Crippen LogP contribution in [0.2, 0.25) is 0 Å². The molecule has 5 nitrogen and oxygen atoms in total. The molecule has 1 unspecified atom stereocenters. The highest BCUT2D eigenvalue weighted by Gasteiger charge is 2.34. The van der Waals surface area contributed by atoms with Gasteiger partial charge in [0.05, 0.1) is 5.69 Å². The molecule has 18 heavy (non-hydrogen) atoms. The van der Waals surface area contributed by atoms with Gasteiger partial charge in [-0.1, -0.05) is 13.0 Å². The van der Waals surface area contributed by atoms with Gasteiger partial charge in [0.1, 0.15) is 12.3 Å². The Morgan fingerprint density at radius 1 is 1.50 bits per heavy atom. The number of anilines is 1. The van der Waals surface area contributed by atoms with Gasteiger partial charge < -0.3 is 9.84 Å². The van der Waals surface area contributed by atoms with E-state index in [0.29, 0.717) is 17.9 Å². The molecule has 1 aromatic carbocycles. The summed E-state index contributed by atoms with van der Waals surface area (Å²) in [5.41, 5.74) is 1.49. The predicted octanol–water partition coefficient (Wildman–Crippen LogP) is 1.58. The summed E-state index contributed by atoms with van der Waals surface area (Å²) < 4.78 is 5.58. The third-order valence-electron chi connectivity index (χ3n) is 2.88. The maximum absolute atomic E-state index is 12.1. The molecule has 1 heterocycles. The number of ether oxygens (including phenoxy) is 1. The summed E-state index contributed by atoms with van der Waals surface area (Å²) in [5.74, 6) is -0.765. The molecule has 1 aliphatic heterocycles. The number of aryl methyl sites for hydroxylation is 1.